The van der Waals surface area contributed by atoms with Crippen molar-refractivity contribution in [2.75, 3.05) is 26.7 Å². The lowest BCUT2D eigenvalue weighted by Crippen LogP contribution is -2.34. The minimum atomic E-state index is -0.279. The molecule has 0 N–H and O–H groups in total. The van der Waals surface area contributed by atoms with Crippen LogP contribution in [0.3, 0.4) is 0 Å². The van der Waals surface area contributed by atoms with Gasteiger partial charge in [0.2, 0.25) is 5.88 Å². The van der Waals surface area contributed by atoms with Crippen LogP contribution >= 0.6 is 0 Å². The molecule has 26 heavy (non-hydrogen) atoms. The Morgan fingerprint density at radius 1 is 1.15 bits per heavy atom. The Labute approximate surface area is 157 Å². The molecule has 1 aliphatic heterocycles. The number of ether oxygens (including phenoxy) is 1. The molecule has 0 spiro atoms. The SMILES string of the molecule is CC.CC.COc1ccc2ncc(F)c(CCN3CCC(C)CC3)c2n1. The Hall–Kier alpha value is -1.75. The highest BCUT2D eigenvalue weighted by atomic mass is 19.1. The third-order valence-electron chi connectivity index (χ3n) is 4.50. The summed E-state index contributed by atoms with van der Waals surface area (Å²) in [5.41, 5.74) is 1.97. The van der Waals surface area contributed by atoms with Crippen LogP contribution < -0.4 is 4.74 Å². The predicted octanol–water partition coefficient (Wildman–Crippen LogP) is 5.10. The molecule has 0 aromatic carbocycles. The van der Waals surface area contributed by atoms with Crippen molar-refractivity contribution in [3.05, 3.63) is 29.7 Å². The highest BCUT2D eigenvalue weighted by Gasteiger charge is 2.17. The molecule has 1 fully saturated rings. The maximum atomic E-state index is 14.2. The standard InChI is InChI=1S/C17H22FN3O.2C2H6/c1-12-5-8-21(9-6-12)10-7-13-14(18)11-19-15-3-4-16(22-2)20-17(13)15;2*1-2/h3-4,11-12H,5-10H2,1-2H3;2*1-2H3. The van der Waals surface area contributed by atoms with Crippen molar-refractivity contribution in [1.82, 2.24) is 14.9 Å². The average Bonchev–Trinajstić information content (AvgIpc) is 2.71. The molecule has 2 aromatic rings. The van der Waals surface area contributed by atoms with Crippen molar-refractivity contribution < 1.29 is 9.13 Å². The van der Waals surface area contributed by atoms with E-state index in [-0.39, 0.29) is 5.82 Å². The van der Waals surface area contributed by atoms with E-state index in [4.69, 9.17) is 4.74 Å². The van der Waals surface area contributed by atoms with Crippen molar-refractivity contribution in [3.8, 4) is 5.88 Å². The molecule has 0 amide bonds. The lowest BCUT2D eigenvalue weighted by molar-refractivity contribution is 0.194. The summed E-state index contributed by atoms with van der Waals surface area (Å²) in [6.07, 6.45) is 4.40. The highest BCUT2D eigenvalue weighted by Crippen LogP contribution is 2.22. The largest absolute Gasteiger partial charge is 0.481 e. The van der Waals surface area contributed by atoms with Gasteiger partial charge < -0.3 is 9.64 Å². The van der Waals surface area contributed by atoms with E-state index in [1.807, 2.05) is 33.8 Å². The van der Waals surface area contributed by atoms with Crippen LogP contribution in [0.15, 0.2) is 18.3 Å². The van der Waals surface area contributed by atoms with Crippen LogP contribution in [-0.2, 0) is 6.42 Å². The summed E-state index contributed by atoms with van der Waals surface area (Å²) < 4.78 is 19.4. The van der Waals surface area contributed by atoms with E-state index in [0.717, 1.165) is 25.6 Å². The monoisotopic (exact) mass is 363 g/mol. The number of fused-ring (bicyclic) bond motifs is 1. The lowest BCUT2D eigenvalue weighted by Gasteiger charge is -2.30. The fourth-order valence-electron chi connectivity index (χ4n) is 2.98. The van der Waals surface area contributed by atoms with E-state index < -0.39 is 0 Å². The first kappa shape index (κ1) is 22.3. The third-order valence-corrected chi connectivity index (χ3v) is 4.50. The molecule has 4 nitrogen and oxygen atoms in total. The van der Waals surface area contributed by atoms with E-state index in [1.54, 1.807) is 13.2 Å². The van der Waals surface area contributed by atoms with Crippen molar-refractivity contribution in [2.24, 2.45) is 5.92 Å². The molecular weight excluding hydrogens is 329 g/mol. The zero-order valence-electron chi connectivity index (χ0n) is 17.2. The number of halogens is 1. The van der Waals surface area contributed by atoms with Crippen LogP contribution in [0.4, 0.5) is 4.39 Å². The zero-order valence-corrected chi connectivity index (χ0v) is 17.2. The first-order valence-electron chi connectivity index (χ1n) is 9.88. The van der Waals surface area contributed by atoms with Gasteiger partial charge in [-0.05, 0) is 44.3 Å². The van der Waals surface area contributed by atoms with Gasteiger partial charge in [-0.15, -0.1) is 0 Å². The molecule has 1 saturated heterocycles. The quantitative estimate of drug-likeness (QED) is 0.757. The molecule has 3 rings (SSSR count). The fourth-order valence-corrected chi connectivity index (χ4v) is 2.98. The summed E-state index contributed by atoms with van der Waals surface area (Å²) in [5.74, 6) is 1.02. The van der Waals surface area contributed by atoms with Crippen LogP contribution in [0, 0.1) is 11.7 Å². The molecule has 0 saturated carbocycles. The van der Waals surface area contributed by atoms with Crippen LogP contribution in [0.1, 0.15) is 53.0 Å². The van der Waals surface area contributed by atoms with Crippen molar-refractivity contribution in [1.29, 1.82) is 0 Å². The van der Waals surface area contributed by atoms with E-state index in [1.165, 1.54) is 19.0 Å². The molecule has 0 bridgehead atoms. The second-order valence-corrected chi connectivity index (χ2v) is 6.08. The number of nitrogens with zero attached hydrogens (tertiary/aromatic N) is 3. The molecule has 3 heterocycles. The van der Waals surface area contributed by atoms with Crippen LogP contribution in [-0.4, -0.2) is 41.6 Å². The van der Waals surface area contributed by atoms with Gasteiger partial charge in [-0.2, -0.15) is 0 Å². The Morgan fingerprint density at radius 3 is 2.42 bits per heavy atom. The molecular formula is C21H34FN3O. The molecule has 5 heteroatoms. The summed E-state index contributed by atoms with van der Waals surface area (Å²) in [7, 11) is 1.56. The van der Waals surface area contributed by atoms with Gasteiger partial charge in [0.05, 0.1) is 24.3 Å². The number of hydrogen-bond acceptors (Lipinski definition) is 4. The Morgan fingerprint density at radius 2 is 1.81 bits per heavy atom. The van der Waals surface area contributed by atoms with Gasteiger partial charge in [0.1, 0.15) is 5.82 Å². The van der Waals surface area contributed by atoms with E-state index in [2.05, 4.69) is 21.8 Å². The number of pyridine rings is 2. The van der Waals surface area contributed by atoms with E-state index >= 15 is 0 Å². The molecule has 0 aliphatic carbocycles. The lowest BCUT2D eigenvalue weighted by atomic mass is 9.99. The zero-order chi connectivity index (χ0) is 19.5. The topological polar surface area (TPSA) is 38.2 Å². The minimum absolute atomic E-state index is 0.279. The van der Waals surface area contributed by atoms with Crippen molar-refractivity contribution in [3.63, 3.8) is 0 Å². The normalized spacial score (nSPS) is 14.9. The summed E-state index contributed by atoms with van der Waals surface area (Å²) in [4.78, 5) is 10.9. The average molecular weight is 364 g/mol. The fraction of sp³-hybridized carbons (Fsp3) is 0.619. The van der Waals surface area contributed by atoms with Gasteiger partial charge in [-0.3, -0.25) is 4.98 Å². The minimum Gasteiger partial charge on any atom is -0.481 e. The molecule has 146 valence electrons. The second kappa shape index (κ2) is 11.8. The van der Waals surface area contributed by atoms with Gasteiger partial charge in [-0.1, -0.05) is 34.6 Å². The van der Waals surface area contributed by atoms with Gasteiger partial charge in [0.25, 0.3) is 0 Å². The first-order valence-corrected chi connectivity index (χ1v) is 9.88. The van der Waals surface area contributed by atoms with Crippen LogP contribution in [0.2, 0.25) is 0 Å². The third kappa shape index (κ3) is 5.90. The summed E-state index contributed by atoms with van der Waals surface area (Å²) in [5, 5.41) is 0. The van der Waals surface area contributed by atoms with Gasteiger partial charge in [0, 0.05) is 18.2 Å². The number of piperidine rings is 1. The van der Waals surface area contributed by atoms with Crippen molar-refractivity contribution in [2.45, 2.75) is 53.9 Å². The first-order chi connectivity index (χ1) is 12.7. The van der Waals surface area contributed by atoms with Gasteiger partial charge >= 0.3 is 0 Å². The number of rotatable bonds is 4. The maximum Gasteiger partial charge on any atom is 0.213 e. The van der Waals surface area contributed by atoms with E-state index in [9.17, 15) is 4.39 Å². The van der Waals surface area contributed by atoms with Gasteiger partial charge in [-0.25, -0.2) is 9.37 Å². The molecule has 1 aliphatic rings. The highest BCUT2D eigenvalue weighted by molar-refractivity contribution is 5.78. The van der Waals surface area contributed by atoms with E-state index in [0.29, 0.717) is 28.9 Å². The summed E-state index contributed by atoms with van der Waals surface area (Å²) in [6, 6.07) is 3.58. The summed E-state index contributed by atoms with van der Waals surface area (Å²) in [6.45, 7) is 13.4. The van der Waals surface area contributed by atoms with Gasteiger partial charge in [0.15, 0.2) is 0 Å². The molecule has 0 atom stereocenters. The Balaban J connectivity index is 0.000000791. The number of hydrogen-bond donors (Lipinski definition) is 0. The molecule has 0 unspecified atom stereocenters. The molecule has 0 radical (unpaired) electrons. The Kier molecular flexibility index (Phi) is 10.1. The summed E-state index contributed by atoms with van der Waals surface area (Å²) >= 11 is 0. The van der Waals surface area contributed by atoms with Crippen molar-refractivity contribution >= 4 is 11.0 Å². The maximum absolute atomic E-state index is 14.2. The number of methoxy groups -OCH3 is 1. The van der Waals surface area contributed by atoms with Crippen LogP contribution in [0.25, 0.3) is 11.0 Å². The number of aromatic nitrogens is 2. The smallest absolute Gasteiger partial charge is 0.213 e. The second-order valence-electron chi connectivity index (χ2n) is 6.08. The number of likely N-dealkylation sites (tertiary alicyclic amines) is 1. The predicted molar refractivity (Wildman–Crippen MR) is 107 cm³/mol. The Bertz CT molecular complexity index is 655. The molecule has 2 aromatic heterocycles. The van der Waals surface area contributed by atoms with Crippen LogP contribution in [0.5, 0.6) is 5.88 Å².